The molecule has 3 saturated carbocycles. The van der Waals surface area contributed by atoms with Gasteiger partial charge in [0, 0.05) is 61.7 Å². The van der Waals surface area contributed by atoms with Gasteiger partial charge < -0.3 is 21.5 Å². The topological polar surface area (TPSA) is 200 Å². The molecule has 0 bridgehead atoms. The van der Waals surface area contributed by atoms with E-state index >= 15 is 0 Å². The Labute approximate surface area is 498 Å². The summed E-state index contributed by atoms with van der Waals surface area (Å²) in [6, 6.07) is 18.0. The number of alkyl halides is 9. The summed E-state index contributed by atoms with van der Waals surface area (Å²) in [7, 11) is -7.93. The Balaban J connectivity index is 0.000000227. The van der Waals surface area contributed by atoms with Crippen LogP contribution >= 0.6 is 88.9 Å². The van der Waals surface area contributed by atoms with Crippen molar-refractivity contribution in [1.29, 1.82) is 0 Å². The van der Waals surface area contributed by atoms with Gasteiger partial charge in [0.25, 0.3) is 9.05 Å². The van der Waals surface area contributed by atoms with Gasteiger partial charge >= 0.3 is 18.5 Å². The predicted molar refractivity (Wildman–Crippen MR) is 301 cm³/mol. The third-order valence-electron chi connectivity index (χ3n) is 11.2. The number of anilines is 3. The molecular formula is C49H51Br2Cl5F9N5O7S3. The number of sulfonamides is 2. The molecule has 5 aromatic rings. The molecule has 0 spiro atoms. The van der Waals surface area contributed by atoms with Crippen molar-refractivity contribution in [3.8, 4) is 0 Å². The fraction of sp³-hybridized carbons (Fsp3) is 0.388. The van der Waals surface area contributed by atoms with Crippen LogP contribution in [0.2, 0.25) is 20.1 Å². The molecule has 0 amide bonds. The highest BCUT2D eigenvalue weighted by Crippen LogP contribution is 2.40. The van der Waals surface area contributed by atoms with Crippen LogP contribution in [-0.4, -0.2) is 58.1 Å². The van der Waals surface area contributed by atoms with E-state index in [1.807, 2.05) is 0 Å². The number of benzene rings is 5. The first kappa shape index (κ1) is 69.7. The van der Waals surface area contributed by atoms with Gasteiger partial charge in [-0.2, -0.15) is 39.5 Å². The summed E-state index contributed by atoms with van der Waals surface area (Å²) in [5.41, 5.74) is 7.89. The van der Waals surface area contributed by atoms with Crippen LogP contribution < -0.4 is 26.2 Å². The van der Waals surface area contributed by atoms with Gasteiger partial charge in [0.1, 0.15) is 0 Å². The van der Waals surface area contributed by atoms with Gasteiger partial charge in [-0.1, -0.05) is 78.3 Å². The first-order chi connectivity index (χ1) is 37.0. The van der Waals surface area contributed by atoms with Crippen molar-refractivity contribution in [2.24, 2.45) is 23.5 Å². The van der Waals surface area contributed by atoms with Crippen LogP contribution in [0.4, 0.5) is 56.6 Å². The monoisotopic (exact) mass is 1420 g/mol. The molecule has 0 unspecified atom stereocenters. The van der Waals surface area contributed by atoms with Crippen molar-refractivity contribution in [3.63, 3.8) is 0 Å². The molecule has 0 aromatic heterocycles. The second-order valence-corrected chi connectivity index (χ2v) is 27.5. The summed E-state index contributed by atoms with van der Waals surface area (Å²) < 4.78 is 196. The molecule has 5 aromatic carbocycles. The maximum Gasteiger partial charge on any atom is 0.417 e. The Hall–Kier alpha value is -2.83. The van der Waals surface area contributed by atoms with Crippen LogP contribution in [-0.2, 0) is 52.4 Å². The number of hydrogen-bond acceptors (Lipinski definition) is 10. The van der Waals surface area contributed by atoms with E-state index in [9.17, 15) is 64.8 Å². The first-order valence-electron chi connectivity index (χ1n) is 23.6. The summed E-state index contributed by atoms with van der Waals surface area (Å²) in [5.74, 6) is 1.36. The van der Waals surface area contributed by atoms with Crippen LogP contribution in [0.1, 0.15) is 68.1 Å². The minimum atomic E-state index is -4.84. The zero-order valence-corrected chi connectivity index (χ0v) is 50.8. The van der Waals surface area contributed by atoms with Gasteiger partial charge in [0.05, 0.1) is 52.8 Å². The third kappa shape index (κ3) is 24.4. The van der Waals surface area contributed by atoms with E-state index in [1.54, 1.807) is 18.2 Å². The van der Waals surface area contributed by atoms with E-state index in [1.165, 1.54) is 62.1 Å². The van der Waals surface area contributed by atoms with Crippen molar-refractivity contribution in [3.05, 3.63) is 137 Å². The lowest BCUT2D eigenvalue weighted by Crippen LogP contribution is -2.28. The van der Waals surface area contributed by atoms with E-state index in [-0.39, 0.29) is 44.6 Å². The molecular weight excluding hydrogens is 1370 g/mol. The standard InChI is InChI=1S/C17H15Cl2F3N2O2S.C11H11BrF3NO2S.C7H3BrClF3O2S.C6H5Cl2N.C4H9N.C4H8O/c18-11-3-5-15(14(19)7-11)24-12-4-6-16(13(8-12)17(20,21)22)27(25,26)23-9-10-1-2-10;12-8-3-4-10(9(5-8)11(13,14)15)19(17,18)16-6-7-1-2-7;8-4-1-2-6(15(9,13)14)5(3-4)7(10,11)12;7-4-1-2-6(9)5(8)3-4;5-3-4-1-2-4;1-2-4-5-3-1/h3-8,10,23-24H,1-2,9H2;3-5,7,16H,1-2,6H2;1-3H;1-3H,9H2;4H,1-3,5H2;1-4H2. The van der Waals surface area contributed by atoms with Crippen molar-refractivity contribution in [2.75, 3.05) is 43.9 Å². The molecule has 31 heteroatoms. The Morgan fingerprint density at radius 2 is 0.938 bits per heavy atom. The predicted octanol–water partition coefficient (Wildman–Crippen LogP) is 15.7. The highest BCUT2D eigenvalue weighted by Gasteiger charge is 2.40. The Morgan fingerprint density at radius 1 is 0.537 bits per heavy atom. The van der Waals surface area contributed by atoms with Crippen molar-refractivity contribution in [1.82, 2.24) is 9.44 Å². The quantitative estimate of drug-likeness (QED) is 0.0455. The minimum absolute atomic E-state index is 0.0488. The van der Waals surface area contributed by atoms with Gasteiger partial charge in [0.2, 0.25) is 20.0 Å². The van der Waals surface area contributed by atoms with Crippen LogP contribution in [0.15, 0.2) is 115 Å². The second-order valence-electron chi connectivity index (χ2n) is 17.9. The van der Waals surface area contributed by atoms with Gasteiger partial charge in [-0.25, -0.2) is 34.7 Å². The fourth-order valence-electron chi connectivity index (χ4n) is 6.32. The molecule has 0 radical (unpaired) electrons. The average Bonchev–Trinajstić information content (AvgIpc) is 4.29. The highest BCUT2D eigenvalue weighted by molar-refractivity contribution is 9.10. The minimum Gasteiger partial charge on any atom is -0.398 e. The maximum absolute atomic E-state index is 13.5. The lowest BCUT2D eigenvalue weighted by Gasteiger charge is -2.16. The molecule has 4 aliphatic rings. The van der Waals surface area contributed by atoms with Gasteiger partial charge in [-0.3, -0.25) is 0 Å². The van der Waals surface area contributed by atoms with E-state index < -0.39 is 79.0 Å². The van der Waals surface area contributed by atoms with Crippen molar-refractivity contribution in [2.45, 2.75) is 84.6 Å². The first-order valence-corrected chi connectivity index (χ1v) is 32.0. The Kier molecular flexibility index (Phi) is 26.4. The highest BCUT2D eigenvalue weighted by atomic mass is 79.9. The fourth-order valence-corrected chi connectivity index (χ4v) is 11.6. The number of nitrogens with one attached hydrogen (secondary N) is 3. The maximum atomic E-state index is 13.5. The molecule has 1 aliphatic heterocycles. The van der Waals surface area contributed by atoms with E-state index in [0.717, 1.165) is 81.7 Å². The zero-order chi connectivity index (χ0) is 60.0. The largest absolute Gasteiger partial charge is 0.417 e. The average molecular weight is 1430 g/mol. The van der Waals surface area contributed by atoms with Crippen LogP contribution in [0.5, 0.6) is 0 Å². The Morgan fingerprint density at radius 3 is 1.29 bits per heavy atom. The molecule has 3 aliphatic carbocycles. The zero-order valence-electron chi connectivity index (χ0n) is 41.4. The molecule has 1 saturated heterocycles. The van der Waals surface area contributed by atoms with Crippen LogP contribution in [0, 0.1) is 17.8 Å². The van der Waals surface area contributed by atoms with Crippen molar-refractivity contribution < 1.29 is 69.5 Å². The molecule has 9 rings (SSSR count). The van der Waals surface area contributed by atoms with Crippen molar-refractivity contribution >= 4 is 135 Å². The number of ether oxygens (including phenoxy) is 1. The van der Waals surface area contributed by atoms with Gasteiger partial charge in [0.15, 0.2) is 0 Å². The second kappa shape index (κ2) is 30.3. The van der Waals surface area contributed by atoms with E-state index in [2.05, 4.69) is 46.6 Å². The summed E-state index contributed by atoms with van der Waals surface area (Å²) in [4.78, 5) is -2.48. The van der Waals surface area contributed by atoms with Crippen LogP contribution in [0.25, 0.3) is 0 Å². The van der Waals surface area contributed by atoms with E-state index in [0.29, 0.717) is 32.5 Å². The van der Waals surface area contributed by atoms with Gasteiger partial charge in [-0.05, 0) is 167 Å². The summed E-state index contributed by atoms with van der Waals surface area (Å²) in [6.07, 6.45) is -5.42. The molecule has 444 valence electrons. The number of halogens is 16. The SMILES string of the molecule is C1CCOC1.NCC1CC1.Nc1ccc(Cl)cc1Cl.O=S(=O)(Cl)c1ccc(Br)cc1C(F)(F)F.O=S(=O)(NCC1CC1)c1ccc(Br)cc1C(F)(F)F.O=S(=O)(NCC1CC1)c1ccc(Nc2ccc(Cl)cc2Cl)cc1C(F)(F)F. The number of nitrogens with two attached hydrogens (primary N) is 2. The Bertz CT molecular complexity index is 3220. The van der Waals surface area contributed by atoms with Gasteiger partial charge in [-0.15, -0.1) is 0 Å². The molecule has 4 fully saturated rings. The molecule has 80 heavy (non-hydrogen) atoms. The lowest BCUT2D eigenvalue weighted by molar-refractivity contribution is -0.140. The lowest BCUT2D eigenvalue weighted by atomic mass is 10.2. The molecule has 0 atom stereocenters. The summed E-state index contributed by atoms with van der Waals surface area (Å²) in [5, 5.41) is 4.45. The molecule has 7 N–H and O–H groups in total. The molecule has 1 heterocycles. The number of hydrogen-bond donors (Lipinski definition) is 5. The summed E-state index contributed by atoms with van der Waals surface area (Å²) >= 11 is 28.7. The van der Waals surface area contributed by atoms with E-state index in [4.69, 9.17) is 73.3 Å². The van der Waals surface area contributed by atoms with Crippen LogP contribution in [0.3, 0.4) is 0 Å². The third-order valence-corrected chi connectivity index (χ3v) is 17.6. The molecule has 12 nitrogen and oxygen atoms in total. The summed E-state index contributed by atoms with van der Waals surface area (Å²) in [6.45, 7) is 3.25. The normalized spacial score (nSPS) is 15.5. The number of rotatable bonds is 12. The number of nitrogen functional groups attached to an aromatic ring is 1. The smallest absolute Gasteiger partial charge is 0.398 e.